The smallest absolute Gasteiger partial charge is 0.360 e. The standard InChI is InChI=1S/C12H16N2O5/c1-17-12(16)9-8-19-10(13-9)2-3-11(15)14-4-6-18-7-5-14/h8H,2-7H2,1H3. The molecule has 1 amide bonds. The topological polar surface area (TPSA) is 81.9 Å². The fourth-order valence-electron chi connectivity index (χ4n) is 1.81. The molecule has 0 unspecified atom stereocenters. The number of carbonyl (C=O) groups excluding carboxylic acids is 2. The molecule has 0 saturated carbocycles. The van der Waals surface area contributed by atoms with Gasteiger partial charge in [0.25, 0.3) is 0 Å². The summed E-state index contributed by atoms with van der Waals surface area (Å²) in [6.07, 6.45) is 1.91. The lowest BCUT2D eigenvalue weighted by Crippen LogP contribution is -2.40. The Morgan fingerprint density at radius 2 is 2.16 bits per heavy atom. The molecule has 0 radical (unpaired) electrons. The average molecular weight is 268 g/mol. The van der Waals surface area contributed by atoms with Crippen molar-refractivity contribution in [3.63, 3.8) is 0 Å². The second-order valence-corrected chi connectivity index (χ2v) is 4.11. The van der Waals surface area contributed by atoms with Gasteiger partial charge in [0.1, 0.15) is 6.26 Å². The molecule has 1 aliphatic rings. The minimum absolute atomic E-state index is 0.0427. The van der Waals surface area contributed by atoms with Crippen LogP contribution in [0.15, 0.2) is 10.7 Å². The van der Waals surface area contributed by atoms with Gasteiger partial charge in [-0.2, -0.15) is 0 Å². The van der Waals surface area contributed by atoms with E-state index >= 15 is 0 Å². The second kappa shape index (κ2) is 6.33. The number of morpholine rings is 1. The van der Waals surface area contributed by atoms with E-state index in [4.69, 9.17) is 9.15 Å². The molecule has 0 aliphatic carbocycles. The summed E-state index contributed by atoms with van der Waals surface area (Å²) in [5, 5.41) is 0. The highest BCUT2D eigenvalue weighted by Crippen LogP contribution is 2.08. The number of carbonyl (C=O) groups is 2. The summed E-state index contributed by atoms with van der Waals surface area (Å²) in [4.78, 5) is 28.8. The van der Waals surface area contributed by atoms with E-state index in [0.717, 1.165) is 0 Å². The Morgan fingerprint density at radius 3 is 2.84 bits per heavy atom. The van der Waals surface area contributed by atoms with Gasteiger partial charge in [-0.05, 0) is 0 Å². The highest BCUT2D eigenvalue weighted by Gasteiger charge is 2.18. The minimum atomic E-state index is -0.547. The molecule has 1 aromatic rings. The Labute approximate surface area is 110 Å². The largest absolute Gasteiger partial charge is 0.464 e. The molecule has 7 heteroatoms. The van der Waals surface area contributed by atoms with Gasteiger partial charge in [-0.1, -0.05) is 0 Å². The molecular formula is C12H16N2O5. The molecule has 19 heavy (non-hydrogen) atoms. The van der Waals surface area contributed by atoms with Gasteiger partial charge in [0.15, 0.2) is 11.6 Å². The molecule has 2 rings (SSSR count). The van der Waals surface area contributed by atoms with Crippen LogP contribution in [0.1, 0.15) is 22.8 Å². The van der Waals surface area contributed by atoms with Crippen LogP contribution in [0.2, 0.25) is 0 Å². The number of methoxy groups -OCH3 is 1. The third-order valence-electron chi connectivity index (χ3n) is 2.86. The van der Waals surface area contributed by atoms with Gasteiger partial charge in [-0.15, -0.1) is 0 Å². The summed E-state index contributed by atoms with van der Waals surface area (Å²) in [5.41, 5.74) is 0.122. The van der Waals surface area contributed by atoms with Gasteiger partial charge < -0.3 is 18.8 Å². The first-order valence-corrected chi connectivity index (χ1v) is 6.09. The number of hydrogen-bond donors (Lipinski definition) is 0. The van der Waals surface area contributed by atoms with Crippen molar-refractivity contribution in [2.75, 3.05) is 33.4 Å². The molecule has 0 spiro atoms. The molecule has 1 aromatic heterocycles. The monoisotopic (exact) mass is 268 g/mol. The van der Waals surface area contributed by atoms with Crippen molar-refractivity contribution in [1.29, 1.82) is 0 Å². The van der Waals surface area contributed by atoms with Crippen LogP contribution in [-0.4, -0.2) is 55.2 Å². The van der Waals surface area contributed by atoms with E-state index < -0.39 is 5.97 Å². The van der Waals surface area contributed by atoms with Gasteiger partial charge >= 0.3 is 5.97 Å². The fourth-order valence-corrected chi connectivity index (χ4v) is 1.81. The summed E-state index contributed by atoms with van der Waals surface area (Å²) in [6.45, 7) is 2.41. The van der Waals surface area contributed by atoms with Crippen molar-refractivity contribution in [3.05, 3.63) is 17.8 Å². The van der Waals surface area contributed by atoms with Gasteiger partial charge in [-0.3, -0.25) is 4.79 Å². The summed E-state index contributed by atoms with van der Waals surface area (Å²) in [5.74, 6) is -0.141. The molecule has 0 aromatic carbocycles. The molecule has 7 nitrogen and oxygen atoms in total. The lowest BCUT2D eigenvalue weighted by Gasteiger charge is -2.26. The number of ether oxygens (including phenoxy) is 2. The zero-order valence-electron chi connectivity index (χ0n) is 10.8. The average Bonchev–Trinajstić information content (AvgIpc) is 2.93. The second-order valence-electron chi connectivity index (χ2n) is 4.11. The first-order chi connectivity index (χ1) is 9.20. The summed E-state index contributed by atoms with van der Waals surface area (Å²) < 4.78 is 14.8. The number of aryl methyl sites for hydroxylation is 1. The lowest BCUT2D eigenvalue weighted by atomic mass is 10.2. The maximum absolute atomic E-state index is 11.9. The Hall–Kier alpha value is -1.89. The third-order valence-corrected chi connectivity index (χ3v) is 2.86. The van der Waals surface area contributed by atoms with E-state index in [2.05, 4.69) is 9.72 Å². The predicted molar refractivity (Wildman–Crippen MR) is 63.6 cm³/mol. The molecule has 0 atom stereocenters. The zero-order valence-corrected chi connectivity index (χ0v) is 10.8. The van der Waals surface area contributed by atoms with E-state index in [0.29, 0.717) is 45.0 Å². The zero-order chi connectivity index (χ0) is 13.7. The Bertz CT molecular complexity index is 451. The SMILES string of the molecule is COC(=O)c1coc(CCC(=O)N2CCOCC2)n1. The number of aromatic nitrogens is 1. The van der Waals surface area contributed by atoms with Gasteiger partial charge in [0, 0.05) is 25.9 Å². The normalized spacial score (nSPS) is 15.3. The number of oxazole rings is 1. The van der Waals surface area contributed by atoms with Crippen LogP contribution in [0.5, 0.6) is 0 Å². The van der Waals surface area contributed by atoms with Crippen LogP contribution in [-0.2, 0) is 20.7 Å². The van der Waals surface area contributed by atoms with E-state index in [1.807, 2.05) is 0 Å². The van der Waals surface area contributed by atoms with Crippen LogP contribution in [0, 0.1) is 0 Å². The van der Waals surface area contributed by atoms with Gasteiger partial charge in [-0.25, -0.2) is 9.78 Å². The summed E-state index contributed by atoms with van der Waals surface area (Å²) in [7, 11) is 1.28. The Morgan fingerprint density at radius 1 is 1.42 bits per heavy atom. The van der Waals surface area contributed by atoms with Crippen molar-refractivity contribution in [2.45, 2.75) is 12.8 Å². The van der Waals surface area contributed by atoms with E-state index in [-0.39, 0.29) is 11.6 Å². The maximum atomic E-state index is 11.9. The highest BCUT2D eigenvalue weighted by molar-refractivity contribution is 5.86. The van der Waals surface area contributed by atoms with Crippen LogP contribution in [0.4, 0.5) is 0 Å². The number of nitrogens with zero attached hydrogens (tertiary/aromatic N) is 2. The molecule has 104 valence electrons. The molecule has 0 N–H and O–H groups in total. The van der Waals surface area contributed by atoms with E-state index in [9.17, 15) is 9.59 Å². The van der Waals surface area contributed by atoms with Gasteiger partial charge in [0.05, 0.1) is 20.3 Å². The molecule has 0 bridgehead atoms. The highest BCUT2D eigenvalue weighted by atomic mass is 16.5. The van der Waals surface area contributed by atoms with Crippen molar-refractivity contribution in [3.8, 4) is 0 Å². The van der Waals surface area contributed by atoms with Crippen molar-refractivity contribution in [2.24, 2.45) is 0 Å². The summed E-state index contributed by atoms with van der Waals surface area (Å²) >= 11 is 0. The molecule has 2 heterocycles. The Balaban J connectivity index is 1.83. The van der Waals surface area contributed by atoms with Crippen LogP contribution in [0.3, 0.4) is 0 Å². The van der Waals surface area contributed by atoms with Crippen LogP contribution >= 0.6 is 0 Å². The quantitative estimate of drug-likeness (QED) is 0.728. The number of hydrogen-bond acceptors (Lipinski definition) is 6. The minimum Gasteiger partial charge on any atom is -0.464 e. The summed E-state index contributed by atoms with van der Waals surface area (Å²) in [6, 6.07) is 0. The van der Waals surface area contributed by atoms with E-state index in [1.54, 1.807) is 4.90 Å². The lowest BCUT2D eigenvalue weighted by molar-refractivity contribution is -0.135. The molecule has 1 aliphatic heterocycles. The van der Waals surface area contributed by atoms with Gasteiger partial charge in [0.2, 0.25) is 5.91 Å². The van der Waals surface area contributed by atoms with Crippen LogP contribution in [0.25, 0.3) is 0 Å². The fraction of sp³-hybridized carbons (Fsp3) is 0.583. The number of esters is 1. The number of rotatable bonds is 4. The van der Waals surface area contributed by atoms with Crippen LogP contribution < -0.4 is 0 Å². The maximum Gasteiger partial charge on any atom is 0.360 e. The first-order valence-electron chi connectivity index (χ1n) is 6.09. The van der Waals surface area contributed by atoms with Crippen molar-refractivity contribution in [1.82, 2.24) is 9.88 Å². The third kappa shape index (κ3) is 3.54. The first kappa shape index (κ1) is 13.5. The Kier molecular flexibility index (Phi) is 4.51. The molecule has 1 saturated heterocycles. The van der Waals surface area contributed by atoms with Crippen molar-refractivity contribution < 1.29 is 23.5 Å². The van der Waals surface area contributed by atoms with E-state index in [1.165, 1.54) is 13.4 Å². The molecule has 1 fully saturated rings. The molecular weight excluding hydrogens is 252 g/mol. The van der Waals surface area contributed by atoms with Crippen molar-refractivity contribution >= 4 is 11.9 Å². The number of amides is 1. The predicted octanol–water partition coefficient (Wildman–Crippen LogP) is 0.253.